The number of rotatable bonds is 8. The maximum absolute atomic E-state index is 12.3. The zero-order chi connectivity index (χ0) is 19.8. The molecule has 0 bridgehead atoms. The molecule has 0 atom stereocenters. The lowest BCUT2D eigenvalue weighted by molar-refractivity contribution is -0.129. The molecule has 1 N–H and O–H groups in total. The molecule has 0 saturated carbocycles. The van der Waals surface area contributed by atoms with Crippen LogP contribution < -0.4 is 14.8 Å². The molecular weight excluding hydrogens is 368 g/mol. The van der Waals surface area contributed by atoms with Crippen LogP contribution in [0.2, 0.25) is 5.02 Å². The molecule has 2 amide bonds. The van der Waals surface area contributed by atoms with Crippen LogP contribution in [-0.2, 0) is 16.1 Å². The van der Waals surface area contributed by atoms with Gasteiger partial charge in [-0.1, -0.05) is 23.7 Å². The minimum atomic E-state index is -0.219. The Morgan fingerprint density at radius 1 is 1.07 bits per heavy atom. The van der Waals surface area contributed by atoms with E-state index in [-0.39, 0.29) is 18.2 Å². The number of nitrogens with zero attached hydrogens (tertiary/aromatic N) is 1. The molecule has 0 aliphatic carbocycles. The normalized spacial score (nSPS) is 10.2. The number of hydrogen-bond donors (Lipinski definition) is 1. The molecule has 0 radical (unpaired) electrons. The summed E-state index contributed by atoms with van der Waals surface area (Å²) in [6.07, 6.45) is 0.160. The molecule has 0 spiro atoms. The molecule has 2 rings (SSSR count). The molecule has 6 nitrogen and oxygen atoms in total. The fraction of sp³-hybridized carbons (Fsp3) is 0.300. The van der Waals surface area contributed by atoms with Crippen LogP contribution in [0, 0.1) is 0 Å². The first kappa shape index (κ1) is 20.6. The Bertz CT molecular complexity index is 793. The summed E-state index contributed by atoms with van der Waals surface area (Å²) in [6, 6.07) is 12.4. The van der Waals surface area contributed by atoms with Crippen molar-refractivity contribution in [3.8, 4) is 11.5 Å². The summed E-state index contributed by atoms with van der Waals surface area (Å²) < 4.78 is 10.4. The second-order valence-electron chi connectivity index (χ2n) is 5.93. The van der Waals surface area contributed by atoms with E-state index < -0.39 is 0 Å². The first-order valence-corrected chi connectivity index (χ1v) is 8.82. The van der Waals surface area contributed by atoms with Crippen molar-refractivity contribution in [1.29, 1.82) is 0 Å². The highest BCUT2D eigenvalue weighted by atomic mass is 35.5. The quantitative estimate of drug-likeness (QED) is 0.745. The van der Waals surface area contributed by atoms with E-state index in [1.807, 2.05) is 12.1 Å². The van der Waals surface area contributed by atoms with Crippen LogP contribution in [0.4, 0.5) is 5.69 Å². The summed E-state index contributed by atoms with van der Waals surface area (Å²) >= 11 is 5.88. The SMILES string of the molecule is COc1ccc(OC)c(NC(=O)CCN(Cc2ccc(Cl)cc2)C(C)=O)c1. The molecular formula is C20H23ClN2O4. The summed E-state index contributed by atoms with van der Waals surface area (Å²) in [6.45, 7) is 2.21. The summed E-state index contributed by atoms with van der Waals surface area (Å²) in [7, 11) is 3.08. The number of hydrogen-bond acceptors (Lipinski definition) is 4. The fourth-order valence-electron chi connectivity index (χ4n) is 2.52. The van der Waals surface area contributed by atoms with Gasteiger partial charge in [0.05, 0.1) is 19.9 Å². The first-order chi connectivity index (χ1) is 12.9. The molecule has 7 heteroatoms. The van der Waals surface area contributed by atoms with Gasteiger partial charge >= 0.3 is 0 Å². The minimum Gasteiger partial charge on any atom is -0.497 e. The van der Waals surface area contributed by atoms with Gasteiger partial charge in [-0.05, 0) is 29.8 Å². The second kappa shape index (κ2) is 9.83. The monoisotopic (exact) mass is 390 g/mol. The number of ether oxygens (including phenoxy) is 2. The highest BCUT2D eigenvalue weighted by Gasteiger charge is 2.14. The highest BCUT2D eigenvalue weighted by molar-refractivity contribution is 6.30. The smallest absolute Gasteiger partial charge is 0.226 e. The molecule has 144 valence electrons. The van der Waals surface area contributed by atoms with Gasteiger partial charge in [-0.25, -0.2) is 0 Å². The van der Waals surface area contributed by atoms with Crippen LogP contribution in [-0.4, -0.2) is 37.5 Å². The molecule has 27 heavy (non-hydrogen) atoms. The summed E-state index contributed by atoms with van der Waals surface area (Å²) in [5, 5.41) is 3.44. The number of anilines is 1. The molecule has 2 aromatic carbocycles. The van der Waals surface area contributed by atoms with Crippen LogP contribution in [0.1, 0.15) is 18.9 Å². The van der Waals surface area contributed by atoms with Crippen molar-refractivity contribution in [2.24, 2.45) is 0 Å². The lowest BCUT2D eigenvalue weighted by atomic mass is 10.2. The Balaban J connectivity index is 1.97. The molecule has 0 heterocycles. The van der Waals surface area contributed by atoms with Gasteiger partial charge in [0.2, 0.25) is 11.8 Å². The standard InChI is InChI=1S/C20H23ClN2O4/c1-14(24)23(13-15-4-6-16(21)7-5-15)11-10-20(25)22-18-12-17(26-2)8-9-19(18)27-3/h4-9,12H,10-11,13H2,1-3H3,(H,22,25). The maximum atomic E-state index is 12.3. The van der Waals surface area contributed by atoms with E-state index in [1.54, 1.807) is 42.3 Å². The van der Waals surface area contributed by atoms with Gasteiger partial charge in [0.25, 0.3) is 0 Å². The van der Waals surface area contributed by atoms with E-state index in [1.165, 1.54) is 14.0 Å². The number of methoxy groups -OCH3 is 2. The van der Waals surface area contributed by atoms with Crippen molar-refractivity contribution in [2.75, 3.05) is 26.1 Å². The average molecular weight is 391 g/mol. The van der Waals surface area contributed by atoms with Crippen LogP contribution in [0.5, 0.6) is 11.5 Å². The molecule has 0 aliphatic heterocycles. The van der Waals surface area contributed by atoms with Crippen LogP contribution in [0.3, 0.4) is 0 Å². The summed E-state index contributed by atoms with van der Waals surface area (Å²) in [5.41, 5.74) is 1.47. The average Bonchev–Trinajstić information content (AvgIpc) is 2.66. The van der Waals surface area contributed by atoms with Crippen molar-refractivity contribution in [3.63, 3.8) is 0 Å². The van der Waals surface area contributed by atoms with Gasteiger partial charge < -0.3 is 19.7 Å². The molecule has 0 aromatic heterocycles. The van der Waals surface area contributed by atoms with E-state index in [0.29, 0.717) is 35.3 Å². The number of nitrogens with one attached hydrogen (secondary N) is 1. The van der Waals surface area contributed by atoms with Crippen molar-refractivity contribution in [3.05, 3.63) is 53.1 Å². The minimum absolute atomic E-state index is 0.100. The number of halogens is 1. The third-order valence-corrected chi connectivity index (χ3v) is 4.27. The van der Waals surface area contributed by atoms with Crippen molar-refractivity contribution in [2.45, 2.75) is 19.9 Å². The van der Waals surface area contributed by atoms with Gasteiger partial charge in [0, 0.05) is 37.5 Å². The number of carbonyl (C=O) groups excluding carboxylic acids is 2. The zero-order valence-electron chi connectivity index (χ0n) is 15.6. The largest absolute Gasteiger partial charge is 0.497 e. The second-order valence-corrected chi connectivity index (χ2v) is 6.37. The third-order valence-electron chi connectivity index (χ3n) is 4.02. The number of carbonyl (C=O) groups is 2. The zero-order valence-corrected chi connectivity index (χ0v) is 16.4. The van der Waals surface area contributed by atoms with Gasteiger partial charge in [-0.15, -0.1) is 0 Å². The van der Waals surface area contributed by atoms with Gasteiger partial charge in [0.1, 0.15) is 11.5 Å². The lowest BCUT2D eigenvalue weighted by Gasteiger charge is -2.21. The van der Waals surface area contributed by atoms with Crippen molar-refractivity contribution < 1.29 is 19.1 Å². The number of benzene rings is 2. The predicted molar refractivity (Wildman–Crippen MR) is 105 cm³/mol. The Morgan fingerprint density at radius 2 is 1.78 bits per heavy atom. The molecule has 0 fully saturated rings. The molecule has 0 saturated heterocycles. The van der Waals surface area contributed by atoms with Gasteiger partial charge in [-0.3, -0.25) is 9.59 Å². The Kier molecular flexibility index (Phi) is 7.49. The van der Waals surface area contributed by atoms with E-state index in [0.717, 1.165) is 5.56 Å². The third kappa shape index (κ3) is 6.18. The molecule has 0 unspecified atom stereocenters. The van der Waals surface area contributed by atoms with Crippen LogP contribution in [0.25, 0.3) is 0 Å². The number of amides is 2. The van der Waals surface area contributed by atoms with E-state index in [4.69, 9.17) is 21.1 Å². The van der Waals surface area contributed by atoms with E-state index in [2.05, 4.69) is 5.32 Å². The molecule has 2 aromatic rings. The fourth-order valence-corrected chi connectivity index (χ4v) is 2.64. The Morgan fingerprint density at radius 3 is 2.37 bits per heavy atom. The predicted octanol–water partition coefficient (Wildman–Crippen LogP) is 3.73. The Hall–Kier alpha value is -2.73. The summed E-state index contributed by atoms with van der Waals surface area (Å²) in [4.78, 5) is 25.9. The highest BCUT2D eigenvalue weighted by Crippen LogP contribution is 2.29. The van der Waals surface area contributed by atoms with Crippen LogP contribution >= 0.6 is 11.6 Å². The lowest BCUT2D eigenvalue weighted by Crippen LogP contribution is -2.31. The van der Waals surface area contributed by atoms with E-state index in [9.17, 15) is 9.59 Å². The van der Waals surface area contributed by atoms with Gasteiger partial charge in [-0.2, -0.15) is 0 Å². The van der Waals surface area contributed by atoms with Gasteiger partial charge in [0.15, 0.2) is 0 Å². The van der Waals surface area contributed by atoms with Crippen LogP contribution in [0.15, 0.2) is 42.5 Å². The first-order valence-electron chi connectivity index (χ1n) is 8.44. The maximum Gasteiger partial charge on any atom is 0.226 e. The molecule has 0 aliphatic rings. The van der Waals surface area contributed by atoms with Crippen molar-refractivity contribution >= 4 is 29.1 Å². The van der Waals surface area contributed by atoms with Crippen molar-refractivity contribution in [1.82, 2.24) is 4.90 Å². The summed E-state index contributed by atoms with van der Waals surface area (Å²) in [5.74, 6) is 0.827. The van der Waals surface area contributed by atoms with E-state index >= 15 is 0 Å². The Labute approximate surface area is 164 Å². The topological polar surface area (TPSA) is 67.9 Å².